The highest BCUT2D eigenvalue weighted by Gasteiger charge is 2.33. The van der Waals surface area contributed by atoms with E-state index in [-0.39, 0.29) is 19.1 Å². The first kappa shape index (κ1) is 13.0. The van der Waals surface area contributed by atoms with E-state index in [1.165, 1.54) is 0 Å². The SMILES string of the molecule is N[C@@H](C(=O)NCC1(O)CCOC1)c1ccccc1. The summed E-state index contributed by atoms with van der Waals surface area (Å²) >= 11 is 0. The van der Waals surface area contributed by atoms with Gasteiger partial charge in [-0.2, -0.15) is 0 Å². The molecule has 2 rings (SSSR count). The number of carbonyl (C=O) groups excluding carboxylic acids is 1. The summed E-state index contributed by atoms with van der Waals surface area (Å²) in [7, 11) is 0. The molecule has 2 atom stereocenters. The van der Waals surface area contributed by atoms with Gasteiger partial charge in [-0.3, -0.25) is 4.79 Å². The molecule has 1 unspecified atom stereocenters. The van der Waals surface area contributed by atoms with Crippen molar-refractivity contribution in [2.45, 2.75) is 18.1 Å². The molecular formula is C13H18N2O3. The molecule has 0 aromatic heterocycles. The Morgan fingerprint density at radius 1 is 1.50 bits per heavy atom. The highest BCUT2D eigenvalue weighted by molar-refractivity contribution is 5.82. The summed E-state index contributed by atoms with van der Waals surface area (Å²) in [5.74, 6) is -0.290. The summed E-state index contributed by atoms with van der Waals surface area (Å²) in [4.78, 5) is 11.9. The van der Waals surface area contributed by atoms with Gasteiger partial charge in [0.1, 0.15) is 11.6 Å². The molecule has 1 aromatic carbocycles. The first-order chi connectivity index (χ1) is 8.61. The molecule has 1 aromatic rings. The van der Waals surface area contributed by atoms with Crippen LogP contribution in [0.2, 0.25) is 0 Å². The number of ether oxygens (including phenoxy) is 1. The van der Waals surface area contributed by atoms with Crippen LogP contribution in [-0.4, -0.2) is 36.4 Å². The third-order valence-electron chi connectivity index (χ3n) is 3.12. The molecule has 5 heteroatoms. The van der Waals surface area contributed by atoms with Crippen LogP contribution in [0.4, 0.5) is 0 Å². The highest BCUT2D eigenvalue weighted by Crippen LogP contribution is 2.17. The van der Waals surface area contributed by atoms with Crippen molar-refractivity contribution in [1.29, 1.82) is 0 Å². The molecule has 4 N–H and O–H groups in total. The standard InChI is InChI=1S/C13H18N2O3/c14-11(10-4-2-1-3-5-10)12(16)15-8-13(17)6-7-18-9-13/h1-5,11,17H,6-9,14H2,(H,15,16)/t11-,13?/m1/s1. The van der Waals surface area contributed by atoms with Crippen LogP contribution in [0, 0.1) is 0 Å². The normalized spacial score (nSPS) is 24.8. The Morgan fingerprint density at radius 2 is 2.22 bits per heavy atom. The minimum Gasteiger partial charge on any atom is -0.386 e. The van der Waals surface area contributed by atoms with Crippen molar-refractivity contribution in [3.63, 3.8) is 0 Å². The number of rotatable bonds is 4. The van der Waals surface area contributed by atoms with Crippen LogP contribution in [0.15, 0.2) is 30.3 Å². The van der Waals surface area contributed by atoms with Gasteiger partial charge in [0.15, 0.2) is 0 Å². The van der Waals surface area contributed by atoms with Crippen molar-refractivity contribution >= 4 is 5.91 Å². The summed E-state index contributed by atoms with van der Waals surface area (Å²) in [5, 5.41) is 12.7. The molecule has 18 heavy (non-hydrogen) atoms. The lowest BCUT2D eigenvalue weighted by molar-refractivity contribution is -0.123. The Hall–Kier alpha value is -1.43. The predicted octanol–water partition coefficient (Wildman–Crippen LogP) is -0.0460. The van der Waals surface area contributed by atoms with Crippen molar-refractivity contribution in [3.8, 4) is 0 Å². The van der Waals surface area contributed by atoms with Crippen molar-refractivity contribution < 1.29 is 14.6 Å². The molecule has 0 aliphatic carbocycles. The molecule has 0 spiro atoms. The molecule has 1 saturated heterocycles. The second-order valence-corrected chi connectivity index (χ2v) is 4.63. The van der Waals surface area contributed by atoms with Crippen LogP contribution in [-0.2, 0) is 9.53 Å². The van der Waals surface area contributed by atoms with Crippen LogP contribution in [0.1, 0.15) is 18.0 Å². The summed E-state index contributed by atoms with van der Waals surface area (Å²) in [6, 6.07) is 8.43. The lowest BCUT2D eigenvalue weighted by atomic mass is 10.0. The molecule has 1 heterocycles. The molecule has 0 radical (unpaired) electrons. The summed E-state index contributed by atoms with van der Waals surface area (Å²) in [5.41, 5.74) is 5.64. The van der Waals surface area contributed by atoms with Crippen molar-refractivity contribution in [3.05, 3.63) is 35.9 Å². The zero-order valence-electron chi connectivity index (χ0n) is 10.1. The molecule has 5 nitrogen and oxygen atoms in total. The van der Waals surface area contributed by atoms with Crippen LogP contribution in [0.3, 0.4) is 0 Å². The maximum Gasteiger partial charge on any atom is 0.241 e. The Labute approximate surface area is 106 Å². The van der Waals surface area contributed by atoms with Gasteiger partial charge < -0.3 is 20.9 Å². The summed E-state index contributed by atoms with van der Waals surface area (Å²) < 4.78 is 5.10. The Morgan fingerprint density at radius 3 is 2.83 bits per heavy atom. The van der Waals surface area contributed by atoms with Crippen molar-refractivity contribution in [2.75, 3.05) is 19.8 Å². The van der Waals surface area contributed by atoms with Gasteiger partial charge in [-0.25, -0.2) is 0 Å². The van der Waals surface area contributed by atoms with E-state index in [9.17, 15) is 9.90 Å². The van der Waals surface area contributed by atoms with E-state index >= 15 is 0 Å². The second-order valence-electron chi connectivity index (χ2n) is 4.63. The van der Waals surface area contributed by atoms with Crippen LogP contribution >= 0.6 is 0 Å². The van der Waals surface area contributed by atoms with Crippen LogP contribution < -0.4 is 11.1 Å². The van der Waals surface area contributed by atoms with Gasteiger partial charge >= 0.3 is 0 Å². The van der Waals surface area contributed by atoms with E-state index in [1.54, 1.807) is 12.1 Å². The summed E-state index contributed by atoms with van der Waals surface area (Å²) in [6.45, 7) is 0.956. The number of hydrogen-bond acceptors (Lipinski definition) is 4. The quantitative estimate of drug-likeness (QED) is 0.699. The average Bonchev–Trinajstić information content (AvgIpc) is 2.83. The molecule has 1 aliphatic rings. The molecule has 98 valence electrons. The largest absolute Gasteiger partial charge is 0.386 e. The van der Waals surface area contributed by atoms with Crippen LogP contribution in [0.25, 0.3) is 0 Å². The minimum absolute atomic E-state index is 0.173. The number of nitrogens with two attached hydrogens (primary N) is 1. The van der Waals surface area contributed by atoms with Gasteiger partial charge in [0.2, 0.25) is 5.91 Å². The number of hydrogen-bond donors (Lipinski definition) is 3. The predicted molar refractivity (Wildman–Crippen MR) is 66.8 cm³/mol. The van der Waals surface area contributed by atoms with Crippen LogP contribution in [0.5, 0.6) is 0 Å². The Balaban J connectivity index is 1.88. The molecule has 0 bridgehead atoms. The Bertz CT molecular complexity index is 402. The van der Waals surface area contributed by atoms with Gasteiger partial charge in [-0.1, -0.05) is 30.3 Å². The fourth-order valence-electron chi connectivity index (χ4n) is 1.91. The third kappa shape index (κ3) is 3.07. The first-order valence-electron chi connectivity index (χ1n) is 5.99. The van der Waals surface area contributed by atoms with Gasteiger partial charge in [-0.15, -0.1) is 0 Å². The topological polar surface area (TPSA) is 84.6 Å². The van der Waals surface area contributed by atoms with E-state index in [1.807, 2.05) is 18.2 Å². The van der Waals surface area contributed by atoms with Gasteiger partial charge in [0.05, 0.1) is 6.61 Å². The van der Waals surface area contributed by atoms with E-state index < -0.39 is 11.6 Å². The van der Waals surface area contributed by atoms with Crippen molar-refractivity contribution in [1.82, 2.24) is 5.32 Å². The zero-order chi connectivity index (χ0) is 13.0. The lowest BCUT2D eigenvalue weighted by Crippen LogP contribution is -2.46. The van der Waals surface area contributed by atoms with E-state index in [2.05, 4.69) is 5.32 Å². The second kappa shape index (κ2) is 5.48. The maximum atomic E-state index is 11.9. The number of nitrogens with one attached hydrogen (secondary N) is 1. The molecular weight excluding hydrogens is 232 g/mol. The fourth-order valence-corrected chi connectivity index (χ4v) is 1.91. The maximum absolute atomic E-state index is 11.9. The number of carbonyl (C=O) groups is 1. The van der Waals surface area contributed by atoms with E-state index in [4.69, 9.17) is 10.5 Å². The number of aliphatic hydroxyl groups is 1. The zero-order valence-corrected chi connectivity index (χ0v) is 10.1. The molecule has 1 aliphatic heterocycles. The summed E-state index contributed by atoms with van der Waals surface area (Å²) in [6.07, 6.45) is 0.536. The molecule has 1 amide bonds. The average molecular weight is 250 g/mol. The van der Waals surface area contributed by atoms with E-state index in [0.29, 0.717) is 13.0 Å². The lowest BCUT2D eigenvalue weighted by Gasteiger charge is -2.22. The minimum atomic E-state index is -0.952. The van der Waals surface area contributed by atoms with Gasteiger partial charge in [0.25, 0.3) is 0 Å². The van der Waals surface area contributed by atoms with Gasteiger partial charge in [0, 0.05) is 19.6 Å². The number of benzene rings is 1. The smallest absolute Gasteiger partial charge is 0.241 e. The first-order valence-corrected chi connectivity index (χ1v) is 5.99. The fraction of sp³-hybridized carbons (Fsp3) is 0.462. The third-order valence-corrected chi connectivity index (χ3v) is 3.12. The Kier molecular flexibility index (Phi) is 3.96. The molecule has 0 saturated carbocycles. The van der Waals surface area contributed by atoms with Crippen molar-refractivity contribution in [2.24, 2.45) is 5.73 Å². The number of amides is 1. The monoisotopic (exact) mass is 250 g/mol. The van der Waals surface area contributed by atoms with E-state index in [0.717, 1.165) is 5.56 Å². The highest BCUT2D eigenvalue weighted by atomic mass is 16.5. The van der Waals surface area contributed by atoms with Gasteiger partial charge in [-0.05, 0) is 5.56 Å². The molecule has 1 fully saturated rings.